The van der Waals surface area contributed by atoms with Crippen LogP contribution < -0.4 is 4.74 Å². The third kappa shape index (κ3) is 4.08. The van der Waals surface area contributed by atoms with Crippen molar-refractivity contribution in [1.29, 1.82) is 0 Å². The van der Waals surface area contributed by atoms with Crippen LogP contribution in [0.25, 0.3) is 0 Å². The summed E-state index contributed by atoms with van der Waals surface area (Å²) in [7, 11) is 1.64. The maximum Gasteiger partial charge on any atom is 0.357 e. The van der Waals surface area contributed by atoms with Crippen molar-refractivity contribution < 1.29 is 19.1 Å². The van der Waals surface area contributed by atoms with Crippen molar-refractivity contribution in [2.75, 3.05) is 7.11 Å². The Morgan fingerprint density at radius 2 is 2.18 bits per heavy atom. The van der Waals surface area contributed by atoms with Crippen LogP contribution in [0.5, 0.6) is 5.75 Å². The number of carboxylic acids is 1. The molecule has 1 aromatic heterocycles. The highest BCUT2D eigenvalue weighted by molar-refractivity contribution is 5.84. The molecule has 0 aliphatic carbocycles. The van der Waals surface area contributed by atoms with Gasteiger partial charge in [0.15, 0.2) is 5.69 Å². The number of hydrogen-bond donors (Lipinski definition) is 1. The smallest absolute Gasteiger partial charge is 0.357 e. The Bertz CT molecular complexity index is 637. The Morgan fingerprint density at radius 1 is 1.41 bits per heavy atom. The topological polar surface area (TPSA) is 75.8 Å². The zero-order valence-corrected chi connectivity index (χ0v) is 12.9. The van der Waals surface area contributed by atoms with Gasteiger partial charge in [-0.15, -0.1) is 0 Å². The van der Waals surface area contributed by atoms with E-state index >= 15 is 0 Å². The summed E-state index contributed by atoms with van der Waals surface area (Å²) in [5, 5.41) is 8.88. The highest BCUT2D eigenvalue weighted by atomic mass is 16.5. The van der Waals surface area contributed by atoms with Crippen molar-refractivity contribution in [3.63, 3.8) is 0 Å². The summed E-state index contributed by atoms with van der Waals surface area (Å²) < 4.78 is 10.5. The lowest BCUT2D eigenvalue weighted by Crippen LogP contribution is -2.30. The van der Waals surface area contributed by atoms with Gasteiger partial charge in [0.1, 0.15) is 12.0 Å². The molecule has 118 valence electrons. The zero-order chi connectivity index (χ0) is 16.1. The Kier molecular flexibility index (Phi) is 5.16. The third-order valence-electron chi connectivity index (χ3n) is 3.36. The maximum absolute atomic E-state index is 10.8. The van der Waals surface area contributed by atoms with Crippen LogP contribution in [0.3, 0.4) is 0 Å². The van der Waals surface area contributed by atoms with E-state index in [0.717, 1.165) is 11.3 Å². The molecule has 0 bridgehead atoms. The number of aromatic carboxylic acids is 1. The first-order chi connectivity index (χ1) is 10.5. The molecule has 0 atom stereocenters. The van der Waals surface area contributed by atoms with E-state index in [4.69, 9.17) is 14.3 Å². The molecule has 0 fully saturated rings. The number of oxazole rings is 1. The van der Waals surface area contributed by atoms with E-state index in [2.05, 4.69) is 23.7 Å². The Morgan fingerprint density at radius 3 is 2.77 bits per heavy atom. The van der Waals surface area contributed by atoms with Gasteiger partial charge in [-0.2, -0.15) is 0 Å². The van der Waals surface area contributed by atoms with E-state index < -0.39 is 5.97 Å². The van der Waals surface area contributed by atoms with Crippen molar-refractivity contribution >= 4 is 5.97 Å². The van der Waals surface area contributed by atoms with E-state index in [1.165, 1.54) is 6.26 Å². The van der Waals surface area contributed by atoms with Gasteiger partial charge >= 0.3 is 5.97 Å². The van der Waals surface area contributed by atoms with E-state index in [-0.39, 0.29) is 11.7 Å². The summed E-state index contributed by atoms with van der Waals surface area (Å²) in [5.74, 6) is 0.124. The van der Waals surface area contributed by atoms with Crippen LogP contribution in [-0.4, -0.2) is 34.1 Å². The molecule has 0 radical (unpaired) electrons. The zero-order valence-electron chi connectivity index (χ0n) is 12.9. The SMILES string of the molecule is COc1cccc(CN(Cc2nc(C(=O)O)co2)C(C)C)c1. The molecule has 0 spiro atoms. The average molecular weight is 304 g/mol. The minimum absolute atomic E-state index is 0.0694. The van der Waals surface area contributed by atoms with Gasteiger partial charge < -0.3 is 14.3 Å². The first-order valence-electron chi connectivity index (χ1n) is 7.04. The summed E-state index contributed by atoms with van der Waals surface area (Å²) in [4.78, 5) is 17.0. The van der Waals surface area contributed by atoms with E-state index in [9.17, 15) is 4.79 Å². The lowest BCUT2D eigenvalue weighted by atomic mass is 10.2. The Labute approximate surface area is 129 Å². The van der Waals surface area contributed by atoms with E-state index in [1.54, 1.807) is 7.11 Å². The maximum atomic E-state index is 10.8. The number of rotatable bonds is 7. The summed E-state index contributed by atoms with van der Waals surface area (Å²) in [6.45, 7) is 5.28. The number of carbonyl (C=O) groups is 1. The monoisotopic (exact) mass is 304 g/mol. The highest BCUT2D eigenvalue weighted by Crippen LogP contribution is 2.17. The van der Waals surface area contributed by atoms with Crippen LogP contribution in [-0.2, 0) is 13.1 Å². The van der Waals surface area contributed by atoms with Gasteiger partial charge in [0.2, 0.25) is 5.89 Å². The molecular weight excluding hydrogens is 284 g/mol. The number of aromatic nitrogens is 1. The summed E-state index contributed by atoms with van der Waals surface area (Å²) in [6, 6.07) is 8.10. The molecule has 6 nitrogen and oxygen atoms in total. The second kappa shape index (κ2) is 7.09. The minimum Gasteiger partial charge on any atom is -0.497 e. The second-order valence-electron chi connectivity index (χ2n) is 5.28. The molecular formula is C16H20N2O4. The summed E-state index contributed by atoms with van der Waals surface area (Å²) in [6.07, 6.45) is 1.17. The van der Waals surface area contributed by atoms with Gasteiger partial charge in [-0.3, -0.25) is 4.90 Å². The van der Waals surface area contributed by atoms with E-state index in [1.807, 2.05) is 24.3 Å². The molecule has 1 heterocycles. The van der Waals surface area contributed by atoms with Crippen LogP contribution >= 0.6 is 0 Å². The van der Waals surface area contributed by atoms with Crippen LogP contribution in [0.1, 0.15) is 35.8 Å². The number of nitrogens with zero attached hydrogens (tertiary/aromatic N) is 2. The van der Waals surface area contributed by atoms with Gasteiger partial charge in [0.25, 0.3) is 0 Å². The average Bonchev–Trinajstić information content (AvgIpc) is 2.95. The fourth-order valence-electron chi connectivity index (χ4n) is 2.08. The predicted octanol–water partition coefficient (Wildman–Crippen LogP) is 2.79. The molecule has 1 aromatic carbocycles. The molecule has 0 amide bonds. The van der Waals surface area contributed by atoms with Gasteiger partial charge in [-0.1, -0.05) is 12.1 Å². The molecule has 0 saturated carbocycles. The Hall–Kier alpha value is -2.34. The fourth-order valence-corrected chi connectivity index (χ4v) is 2.08. The van der Waals surface area contributed by atoms with Crippen molar-refractivity contribution in [3.05, 3.63) is 47.7 Å². The minimum atomic E-state index is -1.08. The first-order valence-corrected chi connectivity index (χ1v) is 7.04. The van der Waals surface area contributed by atoms with Crippen molar-refractivity contribution in [1.82, 2.24) is 9.88 Å². The largest absolute Gasteiger partial charge is 0.497 e. The third-order valence-corrected chi connectivity index (χ3v) is 3.36. The summed E-state index contributed by atoms with van der Waals surface area (Å²) in [5.41, 5.74) is 1.04. The van der Waals surface area contributed by atoms with Crippen LogP contribution in [0.15, 0.2) is 34.9 Å². The van der Waals surface area contributed by atoms with Gasteiger partial charge in [0.05, 0.1) is 13.7 Å². The Balaban J connectivity index is 2.10. The summed E-state index contributed by atoms with van der Waals surface area (Å²) >= 11 is 0. The lowest BCUT2D eigenvalue weighted by molar-refractivity contribution is 0.0690. The lowest BCUT2D eigenvalue weighted by Gasteiger charge is -2.25. The number of hydrogen-bond acceptors (Lipinski definition) is 5. The van der Waals surface area contributed by atoms with Crippen LogP contribution in [0.4, 0.5) is 0 Å². The van der Waals surface area contributed by atoms with Crippen molar-refractivity contribution in [2.24, 2.45) is 0 Å². The predicted molar refractivity (Wildman–Crippen MR) is 80.8 cm³/mol. The van der Waals surface area contributed by atoms with Crippen molar-refractivity contribution in [3.8, 4) is 5.75 Å². The first kappa shape index (κ1) is 16.0. The molecule has 0 aliphatic heterocycles. The number of benzene rings is 1. The second-order valence-corrected chi connectivity index (χ2v) is 5.28. The molecule has 2 aromatic rings. The number of ether oxygens (including phenoxy) is 1. The normalized spacial score (nSPS) is 11.1. The molecule has 1 N–H and O–H groups in total. The molecule has 0 saturated heterocycles. The van der Waals surface area contributed by atoms with Crippen LogP contribution in [0, 0.1) is 0 Å². The highest BCUT2D eigenvalue weighted by Gasteiger charge is 2.16. The molecule has 0 unspecified atom stereocenters. The number of methoxy groups -OCH3 is 1. The van der Waals surface area contributed by atoms with Gasteiger partial charge in [-0.25, -0.2) is 9.78 Å². The van der Waals surface area contributed by atoms with Crippen LogP contribution in [0.2, 0.25) is 0 Å². The molecule has 22 heavy (non-hydrogen) atoms. The quantitative estimate of drug-likeness (QED) is 0.847. The van der Waals surface area contributed by atoms with Crippen molar-refractivity contribution in [2.45, 2.75) is 33.0 Å². The standard InChI is InChI=1S/C16H20N2O4/c1-11(2)18(8-12-5-4-6-13(7-12)21-3)9-15-17-14(10-22-15)16(19)20/h4-7,10-11H,8-9H2,1-3H3,(H,19,20). The van der Waals surface area contributed by atoms with Gasteiger partial charge in [-0.05, 0) is 31.5 Å². The number of carboxylic acid groups (broad SMARTS) is 1. The van der Waals surface area contributed by atoms with E-state index in [0.29, 0.717) is 19.0 Å². The molecule has 6 heteroatoms. The fraction of sp³-hybridized carbons (Fsp3) is 0.375. The molecule has 0 aliphatic rings. The van der Waals surface area contributed by atoms with Gasteiger partial charge in [0, 0.05) is 12.6 Å². The molecule has 2 rings (SSSR count).